The van der Waals surface area contributed by atoms with Crippen LogP contribution in [-0.2, 0) is 4.74 Å². The zero-order valence-electron chi connectivity index (χ0n) is 7.84. The lowest BCUT2D eigenvalue weighted by Gasteiger charge is -2.05. The maximum Gasteiger partial charge on any atom is 0.0944 e. The van der Waals surface area contributed by atoms with E-state index in [-0.39, 0.29) is 6.73 Å². The van der Waals surface area contributed by atoms with Crippen molar-refractivity contribution >= 4 is 0 Å². The Balaban J connectivity index is 4.13. The van der Waals surface area contributed by atoms with Gasteiger partial charge in [0.05, 0.1) is 13.3 Å². The first kappa shape index (κ1) is 11.1. The zero-order valence-corrected chi connectivity index (χ0v) is 7.84. The molecule has 12 heavy (non-hydrogen) atoms. The molecule has 0 bridgehead atoms. The minimum atomic E-state index is 0.250. The second-order valence-electron chi connectivity index (χ2n) is 2.51. The highest BCUT2D eigenvalue weighted by Crippen LogP contribution is 2.06. The van der Waals surface area contributed by atoms with Crippen LogP contribution in [-0.4, -0.2) is 13.3 Å². The lowest BCUT2D eigenvalue weighted by molar-refractivity contribution is 0.165. The van der Waals surface area contributed by atoms with Gasteiger partial charge in [-0.05, 0) is 19.4 Å². The molecule has 0 unspecified atom stereocenters. The lowest BCUT2D eigenvalue weighted by atomic mass is 10.1. The fraction of sp³-hybridized carbons (Fsp3) is 0.400. The molecule has 0 atom stereocenters. The minimum Gasteiger partial charge on any atom is -0.362 e. The van der Waals surface area contributed by atoms with E-state index in [0.717, 1.165) is 11.1 Å². The number of hydrogen-bond acceptors (Lipinski definition) is 2. The van der Waals surface area contributed by atoms with Crippen LogP contribution in [0, 0.1) is 0 Å². The molecule has 0 amide bonds. The molecule has 2 N–H and O–H groups in total. The molecule has 0 aliphatic heterocycles. The van der Waals surface area contributed by atoms with Crippen LogP contribution >= 0.6 is 0 Å². The molecular weight excluding hydrogens is 150 g/mol. The van der Waals surface area contributed by atoms with Gasteiger partial charge in [0.1, 0.15) is 0 Å². The first-order valence-corrected chi connectivity index (χ1v) is 3.98. The van der Waals surface area contributed by atoms with Crippen LogP contribution in [0.15, 0.2) is 36.0 Å². The fourth-order valence-corrected chi connectivity index (χ4v) is 0.695. The van der Waals surface area contributed by atoms with Gasteiger partial charge in [-0.1, -0.05) is 30.4 Å². The van der Waals surface area contributed by atoms with Gasteiger partial charge in [-0.15, -0.1) is 0 Å². The minimum absolute atomic E-state index is 0.250. The van der Waals surface area contributed by atoms with Crippen LogP contribution in [0.25, 0.3) is 0 Å². The quantitative estimate of drug-likeness (QED) is 0.502. The third-order valence-corrected chi connectivity index (χ3v) is 1.41. The summed E-state index contributed by atoms with van der Waals surface area (Å²) in [5.74, 6) is 0. The normalized spacial score (nSPS) is 12.4. The zero-order chi connectivity index (χ0) is 9.40. The highest BCUT2D eigenvalue weighted by atomic mass is 16.5. The molecule has 0 aromatic carbocycles. The van der Waals surface area contributed by atoms with Gasteiger partial charge in [0, 0.05) is 0 Å². The SMILES string of the molecule is C=C(C)/C(=C\C=C/C)COCN. The van der Waals surface area contributed by atoms with Crippen molar-refractivity contribution in [3.05, 3.63) is 36.0 Å². The molecule has 0 spiro atoms. The molecule has 0 saturated heterocycles. The summed E-state index contributed by atoms with van der Waals surface area (Å²) in [6.45, 7) is 8.55. The molecule has 0 aliphatic rings. The Kier molecular flexibility index (Phi) is 6.34. The molecule has 0 aromatic heterocycles. The third kappa shape index (κ3) is 4.88. The van der Waals surface area contributed by atoms with Crippen LogP contribution in [0.2, 0.25) is 0 Å². The molecule has 2 nitrogen and oxygen atoms in total. The molecule has 0 fully saturated rings. The van der Waals surface area contributed by atoms with Gasteiger partial charge >= 0.3 is 0 Å². The summed E-state index contributed by atoms with van der Waals surface area (Å²) in [7, 11) is 0. The summed E-state index contributed by atoms with van der Waals surface area (Å²) in [5.41, 5.74) is 7.31. The van der Waals surface area contributed by atoms with Crippen molar-refractivity contribution in [2.24, 2.45) is 5.73 Å². The second-order valence-corrected chi connectivity index (χ2v) is 2.51. The molecule has 68 valence electrons. The van der Waals surface area contributed by atoms with Gasteiger partial charge in [0.2, 0.25) is 0 Å². The number of hydrogen-bond donors (Lipinski definition) is 1. The van der Waals surface area contributed by atoms with Crippen LogP contribution in [0.4, 0.5) is 0 Å². The number of nitrogens with two attached hydrogens (primary N) is 1. The van der Waals surface area contributed by atoms with Gasteiger partial charge in [0.15, 0.2) is 0 Å². The molecule has 0 aromatic rings. The Bertz CT molecular complexity index is 192. The van der Waals surface area contributed by atoms with E-state index in [1.54, 1.807) is 0 Å². The van der Waals surface area contributed by atoms with E-state index in [9.17, 15) is 0 Å². The molecule has 0 aliphatic carbocycles. The van der Waals surface area contributed by atoms with Crippen molar-refractivity contribution in [3.8, 4) is 0 Å². The first-order valence-electron chi connectivity index (χ1n) is 3.98. The summed E-state index contributed by atoms with van der Waals surface area (Å²) >= 11 is 0. The Morgan fingerprint density at radius 3 is 2.67 bits per heavy atom. The van der Waals surface area contributed by atoms with E-state index in [0.29, 0.717) is 6.61 Å². The van der Waals surface area contributed by atoms with Crippen molar-refractivity contribution in [3.63, 3.8) is 0 Å². The Hall–Kier alpha value is -0.860. The van der Waals surface area contributed by atoms with Gasteiger partial charge in [-0.2, -0.15) is 0 Å². The van der Waals surface area contributed by atoms with Crippen molar-refractivity contribution in [1.82, 2.24) is 0 Å². The lowest BCUT2D eigenvalue weighted by Crippen LogP contribution is -2.07. The van der Waals surface area contributed by atoms with E-state index in [4.69, 9.17) is 10.5 Å². The predicted molar refractivity (Wildman–Crippen MR) is 52.7 cm³/mol. The summed E-state index contributed by atoms with van der Waals surface area (Å²) in [4.78, 5) is 0. The predicted octanol–water partition coefficient (Wildman–Crippen LogP) is 2.00. The number of ether oxygens (including phenoxy) is 1. The Labute approximate surface area is 74.4 Å². The standard InChI is InChI=1S/C10H17NO/c1-4-5-6-10(9(2)3)7-12-8-11/h4-6H,2,7-8,11H2,1,3H3/b5-4-,10-6-. The summed E-state index contributed by atoms with van der Waals surface area (Å²) < 4.78 is 5.07. The second kappa shape index (κ2) is 6.83. The summed E-state index contributed by atoms with van der Waals surface area (Å²) in [6, 6.07) is 0. The smallest absolute Gasteiger partial charge is 0.0944 e. The van der Waals surface area contributed by atoms with Crippen molar-refractivity contribution in [1.29, 1.82) is 0 Å². The summed E-state index contributed by atoms with van der Waals surface area (Å²) in [5, 5.41) is 0. The van der Waals surface area contributed by atoms with E-state index in [1.165, 1.54) is 0 Å². The maximum atomic E-state index is 5.21. The molecule has 0 radical (unpaired) electrons. The number of allylic oxidation sites excluding steroid dienone is 3. The largest absolute Gasteiger partial charge is 0.362 e. The van der Waals surface area contributed by atoms with Gasteiger partial charge in [0.25, 0.3) is 0 Å². The van der Waals surface area contributed by atoms with E-state index < -0.39 is 0 Å². The highest BCUT2D eigenvalue weighted by Gasteiger charge is 1.95. The van der Waals surface area contributed by atoms with Crippen molar-refractivity contribution in [2.75, 3.05) is 13.3 Å². The van der Waals surface area contributed by atoms with Crippen molar-refractivity contribution < 1.29 is 4.74 Å². The average Bonchev–Trinajstić information content (AvgIpc) is 2.04. The van der Waals surface area contributed by atoms with Gasteiger partial charge in [-0.25, -0.2) is 0 Å². The number of rotatable bonds is 5. The third-order valence-electron chi connectivity index (χ3n) is 1.41. The Morgan fingerprint density at radius 1 is 1.58 bits per heavy atom. The van der Waals surface area contributed by atoms with Crippen molar-refractivity contribution in [2.45, 2.75) is 13.8 Å². The highest BCUT2D eigenvalue weighted by molar-refractivity contribution is 5.30. The Morgan fingerprint density at radius 2 is 2.25 bits per heavy atom. The van der Waals surface area contributed by atoms with Gasteiger partial charge < -0.3 is 10.5 Å². The van der Waals surface area contributed by atoms with Crippen LogP contribution in [0.5, 0.6) is 0 Å². The monoisotopic (exact) mass is 167 g/mol. The van der Waals surface area contributed by atoms with E-state index >= 15 is 0 Å². The van der Waals surface area contributed by atoms with Gasteiger partial charge in [-0.3, -0.25) is 0 Å². The van der Waals surface area contributed by atoms with Crippen LogP contribution < -0.4 is 5.73 Å². The fourth-order valence-electron chi connectivity index (χ4n) is 0.695. The summed E-state index contributed by atoms with van der Waals surface area (Å²) in [6.07, 6.45) is 5.91. The molecule has 0 saturated carbocycles. The molecular formula is C10H17NO. The average molecular weight is 167 g/mol. The molecule has 0 heterocycles. The van der Waals surface area contributed by atoms with E-state index in [1.807, 2.05) is 32.1 Å². The van der Waals surface area contributed by atoms with Crippen LogP contribution in [0.3, 0.4) is 0 Å². The first-order chi connectivity index (χ1) is 5.72. The van der Waals surface area contributed by atoms with Crippen LogP contribution in [0.1, 0.15) is 13.8 Å². The molecule has 2 heteroatoms. The van der Waals surface area contributed by atoms with E-state index in [2.05, 4.69) is 6.58 Å². The topological polar surface area (TPSA) is 35.2 Å². The maximum absolute atomic E-state index is 5.21. The molecule has 0 rings (SSSR count).